The average Bonchev–Trinajstić information content (AvgIpc) is 2.54. The second-order valence-electron chi connectivity index (χ2n) is 4.10. The summed E-state index contributed by atoms with van der Waals surface area (Å²) < 4.78 is 5.87. The number of carbonyl (C=O) groups is 1. The molecule has 2 unspecified atom stereocenters. The number of ether oxygens (including phenoxy) is 1. The van der Waals surface area contributed by atoms with Gasteiger partial charge in [-0.05, 0) is 30.9 Å². The van der Waals surface area contributed by atoms with Gasteiger partial charge in [-0.15, -0.1) is 0 Å². The smallest absolute Gasteiger partial charge is 0.120 e. The summed E-state index contributed by atoms with van der Waals surface area (Å²) in [6, 6.07) is 0. The molecule has 2 rings (SSSR count). The highest BCUT2D eigenvalue weighted by molar-refractivity contribution is 7.99. The number of thioether (sulfide) groups is 1. The van der Waals surface area contributed by atoms with Gasteiger partial charge in [0.15, 0.2) is 0 Å². The summed E-state index contributed by atoms with van der Waals surface area (Å²) in [7, 11) is 0. The number of rotatable bonds is 2. The molecule has 2 fully saturated rings. The Morgan fingerprint density at radius 3 is 3.23 bits per heavy atom. The van der Waals surface area contributed by atoms with Crippen LogP contribution in [0.4, 0.5) is 0 Å². The third kappa shape index (κ3) is 2.08. The van der Waals surface area contributed by atoms with Gasteiger partial charge >= 0.3 is 0 Å². The summed E-state index contributed by atoms with van der Waals surface area (Å²) in [6.07, 6.45) is 5.17. The summed E-state index contributed by atoms with van der Waals surface area (Å²) in [5.74, 6) is 2.96. The van der Waals surface area contributed by atoms with Crippen LogP contribution in [0.5, 0.6) is 0 Å². The predicted molar refractivity (Wildman–Crippen MR) is 54.0 cm³/mol. The molecule has 0 radical (unpaired) electrons. The van der Waals surface area contributed by atoms with Crippen LogP contribution in [0.2, 0.25) is 0 Å². The Bertz CT molecular complexity index is 187. The van der Waals surface area contributed by atoms with Crippen LogP contribution in [-0.2, 0) is 9.53 Å². The molecule has 1 spiro atoms. The molecule has 0 N–H and O–H groups in total. The molecule has 0 bridgehead atoms. The van der Waals surface area contributed by atoms with Crippen molar-refractivity contribution >= 4 is 18.0 Å². The molecule has 2 nitrogen and oxygen atoms in total. The van der Waals surface area contributed by atoms with E-state index in [0.717, 1.165) is 37.9 Å². The highest BCUT2D eigenvalue weighted by Crippen LogP contribution is 2.40. The molecule has 0 aromatic carbocycles. The quantitative estimate of drug-likeness (QED) is 0.637. The molecule has 13 heavy (non-hydrogen) atoms. The first-order valence-electron chi connectivity index (χ1n) is 5.00. The lowest BCUT2D eigenvalue weighted by Crippen LogP contribution is -2.39. The van der Waals surface area contributed by atoms with E-state index in [0.29, 0.717) is 5.92 Å². The van der Waals surface area contributed by atoms with Crippen LogP contribution in [0.3, 0.4) is 0 Å². The van der Waals surface area contributed by atoms with Gasteiger partial charge in [-0.3, -0.25) is 0 Å². The first-order valence-corrected chi connectivity index (χ1v) is 6.15. The van der Waals surface area contributed by atoms with Gasteiger partial charge < -0.3 is 9.53 Å². The van der Waals surface area contributed by atoms with E-state index < -0.39 is 0 Å². The van der Waals surface area contributed by atoms with Gasteiger partial charge in [0, 0.05) is 18.8 Å². The van der Waals surface area contributed by atoms with E-state index in [-0.39, 0.29) is 5.60 Å². The van der Waals surface area contributed by atoms with E-state index in [1.807, 2.05) is 11.8 Å². The maximum Gasteiger partial charge on any atom is 0.120 e. The first kappa shape index (κ1) is 9.53. The van der Waals surface area contributed by atoms with Gasteiger partial charge in [-0.2, -0.15) is 11.8 Å². The Morgan fingerprint density at radius 2 is 2.54 bits per heavy atom. The van der Waals surface area contributed by atoms with Gasteiger partial charge in [0.25, 0.3) is 0 Å². The van der Waals surface area contributed by atoms with Crippen molar-refractivity contribution in [1.29, 1.82) is 0 Å². The molecular formula is C10H16O2S. The number of carbonyl (C=O) groups excluding carboxylic acids is 1. The van der Waals surface area contributed by atoms with Gasteiger partial charge in [-0.1, -0.05) is 0 Å². The third-order valence-corrected chi connectivity index (χ3v) is 4.31. The minimum Gasteiger partial charge on any atom is -0.374 e. The van der Waals surface area contributed by atoms with Crippen molar-refractivity contribution in [1.82, 2.24) is 0 Å². The van der Waals surface area contributed by atoms with Crippen LogP contribution < -0.4 is 0 Å². The molecule has 0 aromatic heterocycles. The average molecular weight is 200 g/mol. The Morgan fingerprint density at radius 1 is 1.62 bits per heavy atom. The van der Waals surface area contributed by atoms with Crippen molar-refractivity contribution in [2.75, 3.05) is 18.1 Å². The first-order chi connectivity index (χ1) is 6.35. The largest absolute Gasteiger partial charge is 0.374 e. The Balaban J connectivity index is 1.94. The maximum absolute atomic E-state index is 10.4. The predicted octanol–water partition coefficient (Wildman–Crippen LogP) is 1.88. The minimum absolute atomic E-state index is 0.149. The van der Waals surface area contributed by atoms with Crippen molar-refractivity contribution in [2.24, 2.45) is 5.92 Å². The monoisotopic (exact) mass is 200 g/mol. The second-order valence-corrected chi connectivity index (χ2v) is 5.20. The van der Waals surface area contributed by atoms with Crippen LogP contribution in [0.1, 0.15) is 25.7 Å². The third-order valence-electron chi connectivity index (χ3n) is 3.09. The number of hydrogen-bond acceptors (Lipinski definition) is 3. The van der Waals surface area contributed by atoms with Crippen LogP contribution in [0.15, 0.2) is 0 Å². The van der Waals surface area contributed by atoms with E-state index in [4.69, 9.17) is 4.74 Å². The van der Waals surface area contributed by atoms with Crippen molar-refractivity contribution in [2.45, 2.75) is 31.3 Å². The normalized spacial score (nSPS) is 39.5. The molecule has 0 aliphatic carbocycles. The summed E-state index contributed by atoms with van der Waals surface area (Å²) in [6.45, 7) is 0.860. The summed E-state index contributed by atoms with van der Waals surface area (Å²) >= 11 is 1.99. The van der Waals surface area contributed by atoms with Gasteiger partial charge in [0.1, 0.15) is 6.29 Å². The standard InChI is InChI=1S/C10H16O2S/c11-4-1-9-2-5-12-10(7-9)3-6-13-8-10/h4,9H,1-3,5-8H2. The van der Waals surface area contributed by atoms with Crippen LogP contribution >= 0.6 is 11.8 Å². The fourth-order valence-electron chi connectivity index (χ4n) is 2.33. The van der Waals surface area contributed by atoms with E-state index in [1.165, 1.54) is 12.2 Å². The van der Waals surface area contributed by atoms with Crippen molar-refractivity contribution in [3.05, 3.63) is 0 Å². The Kier molecular flexibility index (Phi) is 2.94. The van der Waals surface area contributed by atoms with Crippen LogP contribution in [0, 0.1) is 5.92 Å². The van der Waals surface area contributed by atoms with Gasteiger partial charge in [0.05, 0.1) is 5.60 Å². The maximum atomic E-state index is 10.4. The lowest BCUT2D eigenvalue weighted by molar-refractivity contribution is -0.112. The molecule has 0 saturated carbocycles. The van der Waals surface area contributed by atoms with Gasteiger partial charge in [-0.25, -0.2) is 0 Å². The number of hydrogen-bond donors (Lipinski definition) is 0. The molecule has 0 aromatic rings. The minimum atomic E-state index is 0.149. The zero-order valence-corrected chi connectivity index (χ0v) is 8.65. The molecule has 2 saturated heterocycles. The molecule has 2 atom stereocenters. The number of aldehydes is 1. The zero-order valence-electron chi connectivity index (χ0n) is 7.83. The fourth-order valence-corrected chi connectivity index (χ4v) is 3.71. The molecule has 2 aliphatic heterocycles. The van der Waals surface area contributed by atoms with E-state index in [9.17, 15) is 4.79 Å². The molecule has 2 heterocycles. The Hall–Kier alpha value is -0.0200. The Labute approximate surface area is 83.4 Å². The molecular weight excluding hydrogens is 184 g/mol. The SMILES string of the molecule is O=CCC1CCOC2(CCSC2)C1. The second kappa shape index (κ2) is 4.01. The van der Waals surface area contributed by atoms with Crippen LogP contribution in [-0.4, -0.2) is 30.0 Å². The highest BCUT2D eigenvalue weighted by Gasteiger charge is 2.40. The van der Waals surface area contributed by atoms with Crippen LogP contribution in [0.25, 0.3) is 0 Å². The molecule has 3 heteroatoms. The van der Waals surface area contributed by atoms with Crippen molar-refractivity contribution in [3.63, 3.8) is 0 Å². The van der Waals surface area contributed by atoms with E-state index >= 15 is 0 Å². The zero-order chi connectivity index (χ0) is 9.15. The lowest BCUT2D eigenvalue weighted by Gasteiger charge is -2.37. The topological polar surface area (TPSA) is 26.3 Å². The summed E-state index contributed by atoms with van der Waals surface area (Å²) in [5.41, 5.74) is 0.149. The highest BCUT2D eigenvalue weighted by atomic mass is 32.2. The van der Waals surface area contributed by atoms with Crippen molar-refractivity contribution in [3.8, 4) is 0 Å². The van der Waals surface area contributed by atoms with Crippen molar-refractivity contribution < 1.29 is 9.53 Å². The van der Waals surface area contributed by atoms with E-state index in [2.05, 4.69) is 0 Å². The van der Waals surface area contributed by atoms with E-state index in [1.54, 1.807) is 0 Å². The summed E-state index contributed by atoms with van der Waals surface area (Å²) in [4.78, 5) is 10.4. The summed E-state index contributed by atoms with van der Waals surface area (Å²) in [5, 5.41) is 0. The molecule has 0 amide bonds. The molecule has 74 valence electrons. The fraction of sp³-hybridized carbons (Fsp3) is 0.900. The lowest BCUT2D eigenvalue weighted by atomic mass is 9.84. The van der Waals surface area contributed by atoms with Gasteiger partial charge in [0.2, 0.25) is 0 Å². The molecule has 2 aliphatic rings.